The number of aryl methyl sites for hydroxylation is 3. The quantitative estimate of drug-likeness (QED) is 0.752. The van der Waals surface area contributed by atoms with Gasteiger partial charge in [0.1, 0.15) is 11.5 Å². The lowest BCUT2D eigenvalue weighted by Crippen LogP contribution is -2.36. The van der Waals surface area contributed by atoms with E-state index >= 15 is 0 Å². The molecule has 27 heavy (non-hydrogen) atoms. The number of benzene rings is 2. The van der Waals surface area contributed by atoms with Crippen LogP contribution in [0.3, 0.4) is 0 Å². The van der Waals surface area contributed by atoms with Crippen LogP contribution in [-0.4, -0.2) is 22.4 Å². The maximum Gasteiger partial charge on any atom is 0.278 e. The average molecular weight is 358 g/mol. The molecule has 0 saturated heterocycles. The number of fused-ring (bicyclic) bond motifs is 1. The number of nitrogens with zero attached hydrogens (tertiary/aromatic N) is 3. The molecule has 136 valence electrons. The summed E-state index contributed by atoms with van der Waals surface area (Å²) in [4.78, 5) is 23.4. The number of para-hydroxylation sites is 1. The summed E-state index contributed by atoms with van der Waals surface area (Å²) < 4.78 is 0. The van der Waals surface area contributed by atoms with Crippen LogP contribution < -0.4 is 10.2 Å². The van der Waals surface area contributed by atoms with Gasteiger partial charge in [-0.1, -0.05) is 24.3 Å². The van der Waals surface area contributed by atoms with Gasteiger partial charge in [0, 0.05) is 17.9 Å². The minimum atomic E-state index is -0.104. The molecule has 0 fully saturated rings. The molecule has 2 heterocycles. The molecule has 0 unspecified atom stereocenters. The van der Waals surface area contributed by atoms with Crippen molar-refractivity contribution in [3.8, 4) is 0 Å². The molecule has 5 heteroatoms. The molecule has 0 bridgehead atoms. The highest BCUT2D eigenvalue weighted by Crippen LogP contribution is 2.27. The van der Waals surface area contributed by atoms with Crippen molar-refractivity contribution in [2.75, 3.05) is 16.8 Å². The summed E-state index contributed by atoms with van der Waals surface area (Å²) in [6.07, 6.45) is 5.12. The fraction of sp³-hybridized carbons (Fsp3) is 0.227. The number of anilines is 3. The number of nitrogens with one attached hydrogen (secondary N) is 1. The Labute approximate surface area is 159 Å². The Bertz CT molecular complexity index is 982. The van der Waals surface area contributed by atoms with Crippen LogP contribution in [0, 0.1) is 13.8 Å². The highest BCUT2D eigenvalue weighted by atomic mass is 16.2. The minimum Gasteiger partial charge on any atom is -0.339 e. The van der Waals surface area contributed by atoms with E-state index in [9.17, 15) is 4.79 Å². The van der Waals surface area contributed by atoms with E-state index in [2.05, 4.69) is 47.3 Å². The molecule has 0 saturated carbocycles. The van der Waals surface area contributed by atoms with Crippen LogP contribution >= 0.6 is 0 Å². The largest absolute Gasteiger partial charge is 0.339 e. The van der Waals surface area contributed by atoms with Gasteiger partial charge in [0.15, 0.2) is 0 Å². The fourth-order valence-electron chi connectivity index (χ4n) is 3.35. The number of rotatable bonds is 3. The monoisotopic (exact) mass is 358 g/mol. The van der Waals surface area contributed by atoms with Gasteiger partial charge in [-0.2, -0.15) is 0 Å². The van der Waals surface area contributed by atoms with E-state index in [0.29, 0.717) is 18.1 Å². The third-order valence-corrected chi connectivity index (χ3v) is 5.01. The summed E-state index contributed by atoms with van der Waals surface area (Å²) in [5.41, 5.74) is 5.96. The van der Waals surface area contributed by atoms with Gasteiger partial charge in [-0.05, 0) is 61.6 Å². The van der Waals surface area contributed by atoms with Crippen molar-refractivity contribution in [2.24, 2.45) is 0 Å². The van der Waals surface area contributed by atoms with E-state index in [-0.39, 0.29) is 5.91 Å². The second-order valence-electron chi connectivity index (χ2n) is 6.90. The van der Waals surface area contributed by atoms with Gasteiger partial charge in [-0.15, -0.1) is 0 Å². The van der Waals surface area contributed by atoms with E-state index < -0.39 is 0 Å². The van der Waals surface area contributed by atoms with E-state index in [1.165, 1.54) is 16.7 Å². The van der Waals surface area contributed by atoms with Crippen molar-refractivity contribution in [1.29, 1.82) is 0 Å². The van der Waals surface area contributed by atoms with Gasteiger partial charge >= 0.3 is 0 Å². The highest BCUT2D eigenvalue weighted by Gasteiger charge is 2.24. The van der Waals surface area contributed by atoms with Gasteiger partial charge in [0.05, 0.1) is 12.4 Å². The second kappa shape index (κ2) is 7.19. The third kappa shape index (κ3) is 3.53. The molecule has 1 amide bonds. The molecule has 2 aromatic carbocycles. The average Bonchev–Trinajstić information content (AvgIpc) is 2.70. The molecule has 0 radical (unpaired) electrons. The molecule has 4 rings (SSSR count). The van der Waals surface area contributed by atoms with Crippen LogP contribution in [0.1, 0.15) is 33.6 Å². The summed E-state index contributed by atoms with van der Waals surface area (Å²) >= 11 is 0. The van der Waals surface area contributed by atoms with Crippen LogP contribution in [0.25, 0.3) is 0 Å². The topological polar surface area (TPSA) is 58.1 Å². The Kier molecular flexibility index (Phi) is 4.59. The Hall–Kier alpha value is -3.21. The van der Waals surface area contributed by atoms with Crippen molar-refractivity contribution in [3.63, 3.8) is 0 Å². The molecular formula is C22H22N4O. The van der Waals surface area contributed by atoms with Crippen LogP contribution in [0.5, 0.6) is 0 Å². The number of hydrogen-bond donors (Lipinski definition) is 1. The van der Waals surface area contributed by atoms with Gasteiger partial charge in [0.25, 0.3) is 5.91 Å². The molecule has 1 aliphatic heterocycles. The first-order valence-corrected chi connectivity index (χ1v) is 9.18. The van der Waals surface area contributed by atoms with E-state index in [1.54, 1.807) is 17.3 Å². The number of carbonyl (C=O) groups excluding carboxylic acids is 1. The van der Waals surface area contributed by atoms with Crippen molar-refractivity contribution >= 4 is 23.1 Å². The lowest BCUT2D eigenvalue weighted by Gasteiger charge is -2.29. The Morgan fingerprint density at radius 1 is 1.04 bits per heavy atom. The standard InChI is InChI=1S/C22H22N4O/c1-15-9-10-18(12-16(15)2)25-21-14-23-19(13-24-21)22(27)26-11-5-7-17-6-3-4-8-20(17)26/h3-4,6,8-10,12-14H,5,7,11H2,1-2H3,(H,24,25). The third-order valence-electron chi connectivity index (χ3n) is 5.01. The SMILES string of the molecule is Cc1ccc(Nc2cnc(C(=O)N3CCCc4ccccc43)cn2)cc1C. The van der Waals surface area contributed by atoms with Gasteiger partial charge < -0.3 is 10.2 Å². The smallest absolute Gasteiger partial charge is 0.278 e. The summed E-state index contributed by atoms with van der Waals surface area (Å²) in [7, 11) is 0. The number of aromatic nitrogens is 2. The molecule has 3 aromatic rings. The fourth-order valence-corrected chi connectivity index (χ4v) is 3.35. The van der Waals surface area contributed by atoms with E-state index in [0.717, 1.165) is 24.2 Å². The van der Waals surface area contributed by atoms with Crippen molar-refractivity contribution in [3.05, 3.63) is 77.2 Å². The summed E-state index contributed by atoms with van der Waals surface area (Å²) in [5, 5.41) is 3.23. The van der Waals surface area contributed by atoms with E-state index in [1.807, 2.05) is 24.3 Å². The van der Waals surface area contributed by atoms with Crippen LogP contribution in [0.2, 0.25) is 0 Å². The van der Waals surface area contributed by atoms with Crippen LogP contribution in [0.4, 0.5) is 17.2 Å². The maximum atomic E-state index is 12.9. The first-order valence-electron chi connectivity index (χ1n) is 9.18. The zero-order chi connectivity index (χ0) is 18.8. The maximum absolute atomic E-state index is 12.9. The van der Waals surface area contributed by atoms with Crippen molar-refractivity contribution < 1.29 is 4.79 Å². The predicted molar refractivity (Wildman–Crippen MR) is 108 cm³/mol. The molecule has 1 aromatic heterocycles. The lowest BCUT2D eigenvalue weighted by molar-refractivity contribution is 0.0980. The van der Waals surface area contributed by atoms with Gasteiger partial charge in [-0.3, -0.25) is 4.79 Å². The van der Waals surface area contributed by atoms with Crippen molar-refractivity contribution in [1.82, 2.24) is 9.97 Å². The number of carbonyl (C=O) groups is 1. The van der Waals surface area contributed by atoms with Crippen LogP contribution in [-0.2, 0) is 6.42 Å². The Balaban J connectivity index is 1.52. The minimum absolute atomic E-state index is 0.104. The molecule has 0 aliphatic carbocycles. The first-order chi connectivity index (χ1) is 13.1. The number of hydrogen-bond acceptors (Lipinski definition) is 4. The molecule has 0 spiro atoms. The predicted octanol–water partition coefficient (Wildman–Crippen LogP) is 4.43. The molecule has 1 aliphatic rings. The van der Waals surface area contributed by atoms with Gasteiger partial charge in [0.2, 0.25) is 0 Å². The normalized spacial score (nSPS) is 13.2. The summed E-state index contributed by atoms with van der Waals surface area (Å²) in [6.45, 7) is 4.86. The Morgan fingerprint density at radius 3 is 2.67 bits per heavy atom. The molecule has 0 atom stereocenters. The second-order valence-corrected chi connectivity index (χ2v) is 6.90. The first kappa shape index (κ1) is 17.2. The lowest BCUT2D eigenvalue weighted by atomic mass is 10.0. The van der Waals surface area contributed by atoms with Gasteiger partial charge in [-0.25, -0.2) is 9.97 Å². The summed E-state index contributed by atoms with van der Waals surface area (Å²) in [6, 6.07) is 14.2. The Morgan fingerprint density at radius 2 is 1.89 bits per heavy atom. The van der Waals surface area contributed by atoms with E-state index in [4.69, 9.17) is 0 Å². The van der Waals surface area contributed by atoms with Crippen LogP contribution in [0.15, 0.2) is 54.9 Å². The van der Waals surface area contributed by atoms with Crippen molar-refractivity contribution in [2.45, 2.75) is 26.7 Å². The highest BCUT2D eigenvalue weighted by molar-refractivity contribution is 6.05. The zero-order valence-corrected chi connectivity index (χ0v) is 15.6. The summed E-state index contributed by atoms with van der Waals surface area (Å²) in [5.74, 6) is 0.515. The molecule has 5 nitrogen and oxygen atoms in total. The molecule has 1 N–H and O–H groups in total. The zero-order valence-electron chi connectivity index (χ0n) is 15.6. The number of amides is 1. The molecular weight excluding hydrogens is 336 g/mol.